The molecular weight excluding hydrogens is 329 g/mol. The van der Waals surface area contributed by atoms with Crippen LogP contribution in [0.25, 0.3) is 11.1 Å². The van der Waals surface area contributed by atoms with E-state index in [9.17, 15) is 4.79 Å². The highest BCUT2D eigenvalue weighted by Gasteiger charge is 2.12. The fourth-order valence-electron chi connectivity index (χ4n) is 1.79. The van der Waals surface area contributed by atoms with Crippen molar-refractivity contribution in [3.63, 3.8) is 0 Å². The Hall–Kier alpha value is -1.49. The molecule has 0 atom stereocenters. The van der Waals surface area contributed by atoms with Crippen LogP contribution >= 0.6 is 35.0 Å². The summed E-state index contributed by atoms with van der Waals surface area (Å²) in [5.74, 6) is 0.172. The molecule has 21 heavy (non-hydrogen) atoms. The van der Waals surface area contributed by atoms with Gasteiger partial charge in [-0.3, -0.25) is 4.79 Å². The van der Waals surface area contributed by atoms with E-state index in [1.54, 1.807) is 18.2 Å². The van der Waals surface area contributed by atoms with Gasteiger partial charge in [0.2, 0.25) is 0 Å². The minimum Gasteiger partial charge on any atom is -0.431 e. The first kappa shape index (κ1) is 14.4. The molecule has 0 amide bonds. The number of nitrogens with zero attached hydrogens (tertiary/aromatic N) is 1. The Kier molecular flexibility index (Phi) is 4.19. The summed E-state index contributed by atoms with van der Waals surface area (Å²) in [6.45, 7) is 0. The van der Waals surface area contributed by atoms with Gasteiger partial charge in [0.1, 0.15) is 5.52 Å². The molecule has 0 aliphatic carbocycles. The molecule has 0 bridgehead atoms. The molecule has 0 saturated heterocycles. The Bertz CT molecular complexity index is 783. The lowest BCUT2D eigenvalue weighted by Gasteiger charge is -2.01. The van der Waals surface area contributed by atoms with Crippen LogP contribution in [0.3, 0.4) is 0 Å². The smallest absolute Gasteiger partial charge is 0.257 e. The van der Waals surface area contributed by atoms with E-state index in [0.717, 1.165) is 5.52 Å². The number of rotatable bonds is 4. The van der Waals surface area contributed by atoms with E-state index in [-0.39, 0.29) is 11.5 Å². The van der Waals surface area contributed by atoms with Crippen LogP contribution in [-0.4, -0.2) is 16.5 Å². The van der Waals surface area contributed by atoms with Crippen molar-refractivity contribution in [1.82, 2.24) is 4.98 Å². The first-order chi connectivity index (χ1) is 10.1. The SMILES string of the molecule is O=C(CSc1nc2ccccc2o1)c1ccc(Cl)c(Cl)c1. The zero-order valence-electron chi connectivity index (χ0n) is 10.7. The summed E-state index contributed by atoms with van der Waals surface area (Å²) in [6, 6.07) is 12.3. The third-order valence-electron chi connectivity index (χ3n) is 2.84. The van der Waals surface area contributed by atoms with Gasteiger partial charge in [0.25, 0.3) is 5.22 Å². The normalized spacial score (nSPS) is 11.0. The molecule has 1 heterocycles. The van der Waals surface area contributed by atoms with Gasteiger partial charge < -0.3 is 4.42 Å². The van der Waals surface area contributed by atoms with Crippen molar-refractivity contribution in [3.05, 3.63) is 58.1 Å². The number of carbonyl (C=O) groups excluding carboxylic acids is 1. The summed E-state index contributed by atoms with van der Waals surface area (Å²) < 4.78 is 5.55. The van der Waals surface area contributed by atoms with Crippen LogP contribution in [0, 0.1) is 0 Å². The van der Waals surface area contributed by atoms with Gasteiger partial charge in [-0.25, -0.2) is 4.98 Å². The molecular formula is C15H9Cl2NO2S. The van der Waals surface area contributed by atoms with E-state index in [1.807, 2.05) is 24.3 Å². The number of para-hydroxylation sites is 2. The molecule has 0 saturated carbocycles. The number of oxazole rings is 1. The zero-order valence-corrected chi connectivity index (χ0v) is 13.0. The number of carbonyl (C=O) groups is 1. The van der Waals surface area contributed by atoms with Crippen molar-refractivity contribution in [2.45, 2.75) is 5.22 Å². The van der Waals surface area contributed by atoms with E-state index >= 15 is 0 Å². The second-order valence-corrected chi connectivity index (χ2v) is 6.03. The average Bonchev–Trinajstić information content (AvgIpc) is 2.90. The molecule has 3 rings (SSSR count). The van der Waals surface area contributed by atoms with Crippen molar-refractivity contribution < 1.29 is 9.21 Å². The van der Waals surface area contributed by atoms with Crippen molar-refractivity contribution in [2.24, 2.45) is 0 Å². The number of aromatic nitrogens is 1. The standard InChI is InChI=1S/C15H9Cl2NO2S/c16-10-6-5-9(7-11(10)17)13(19)8-21-15-18-12-3-1-2-4-14(12)20-15/h1-7H,8H2. The predicted octanol–water partition coefficient (Wildman–Crippen LogP) is 5.11. The second-order valence-electron chi connectivity index (χ2n) is 4.29. The fraction of sp³-hybridized carbons (Fsp3) is 0.0667. The quantitative estimate of drug-likeness (QED) is 0.490. The van der Waals surface area contributed by atoms with Gasteiger partial charge in [-0.1, -0.05) is 47.1 Å². The monoisotopic (exact) mass is 337 g/mol. The molecule has 1 aromatic heterocycles. The molecule has 0 radical (unpaired) electrons. The van der Waals surface area contributed by atoms with Crippen molar-refractivity contribution in [1.29, 1.82) is 0 Å². The maximum Gasteiger partial charge on any atom is 0.257 e. The van der Waals surface area contributed by atoms with E-state index in [2.05, 4.69) is 4.98 Å². The molecule has 3 nitrogen and oxygen atoms in total. The number of thioether (sulfide) groups is 1. The van der Waals surface area contributed by atoms with Gasteiger partial charge in [0, 0.05) is 5.56 Å². The number of halogens is 2. The van der Waals surface area contributed by atoms with Gasteiger partial charge in [0.05, 0.1) is 15.8 Å². The molecule has 3 aromatic rings. The Balaban J connectivity index is 1.71. The van der Waals surface area contributed by atoms with Crippen LogP contribution in [0.2, 0.25) is 10.0 Å². The third-order valence-corrected chi connectivity index (χ3v) is 4.41. The lowest BCUT2D eigenvalue weighted by molar-refractivity contribution is 0.102. The van der Waals surface area contributed by atoms with E-state index in [0.29, 0.717) is 26.4 Å². The highest BCUT2D eigenvalue weighted by molar-refractivity contribution is 7.99. The van der Waals surface area contributed by atoms with E-state index in [4.69, 9.17) is 27.6 Å². The summed E-state index contributed by atoms with van der Waals surface area (Å²) in [7, 11) is 0. The number of hydrogen-bond donors (Lipinski definition) is 0. The Labute approximate surface area is 135 Å². The van der Waals surface area contributed by atoms with E-state index in [1.165, 1.54) is 11.8 Å². The molecule has 0 aliphatic rings. The van der Waals surface area contributed by atoms with Gasteiger partial charge >= 0.3 is 0 Å². The highest BCUT2D eigenvalue weighted by atomic mass is 35.5. The number of Topliss-reactive ketones (excluding diaryl/α,β-unsaturated/α-hetero) is 1. The van der Waals surface area contributed by atoms with Gasteiger partial charge in [-0.2, -0.15) is 0 Å². The number of benzene rings is 2. The lowest BCUT2D eigenvalue weighted by atomic mass is 10.1. The molecule has 0 unspecified atom stereocenters. The van der Waals surface area contributed by atoms with Crippen LogP contribution in [0.1, 0.15) is 10.4 Å². The lowest BCUT2D eigenvalue weighted by Crippen LogP contribution is -2.02. The minimum absolute atomic E-state index is 0.0548. The first-order valence-corrected chi connectivity index (χ1v) is 7.84. The molecule has 0 aliphatic heterocycles. The van der Waals surface area contributed by atoms with Crippen LogP contribution in [0.15, 0.2) is 52.1 Å². The van der Waals surface area contributed by atoms with Crippen LogP contribution in [0.4, 0.5) is 0 Å². The topological polar surface area (TPSA) is 43.1 Å². The number of fused-ring (bicyclic) bond motifs is 1. The molecule has 0 spiro atoms. The van der Waals surface area contributed by atoms with Crippen molar-refractivity contribution >= 4 is 51.8 Å². The van der Waals surface area contributed by atoms with Crippen molar-refractivity contribution in [2.75, 3.05) is 5.75 Å². The summed E-state index contributed by atoms with van der Waals surface area (Å²) in [6.07, 6.45) is 0. The Morgan fingerprint density at radius 2 is 1.95 bits per heavy atom. The zero-order chi connectivity index (χ0) is 14.8. The summed E-state index contributed by atoms with van der Waals surface area (Å²) in [4.78, 5) is 16.4. The largest absolute Gasteiger partial charge is 0.431 e. The number of hydrogen-bond acceptors (Lipinski definition) is 4. The van der Waals surface area contributed by atoms with Gasteiger partial charge in [-0.05, 0) is 30.3 Å². The maximum absolute atomic E-state index is 12.1. The van der Waals surface area contributed by atoms with Crippen LogP contribution in [-0.2, 0) is 0 Å². The summed E-state index contributed by atoms with van der Waals surface area (Å²) in [5, 5.41) is 1.28. The van der Waals surface area contributed by atoms with Gasteiger partial charge in [0.15, 0.2) is 11.4 Å². The van der Waals surface area contributed by atoms with E-state index < -0.39 is 0 Å². The molecule has 2 aromatic carbocycles. The molecule has 6 heteroatoms. The summed E-state index contributed by atoms with van der Waals surface area (Å²) in [5.41, 5.74) is 2.01. The Morgan fingerprint density at radius 1 is 1.14 bits per heavy atom. The molecule has 0 N–H and O–H groups in total. The highest BCUT2D eigenvalue weighted by Crippen LogP contribution is 2.26. The van der Waals surface area contributed by atoms with Crippen LogP contribution in [0.5, 0.6) is 0 Å². The number of ketones is 1. The first-order valence-electron chi connectivity index (χ1n) is 6.10. The fourth-order valence-corrected chi connectivity index (χ4v) is 2.82. The molecule has 0 fully saturated rings. The van der Waals surface area contributed by atoms with Crippen molar-refractivity contribution in [3.8, 4) is 0 Å². The molecule has 106 valence electrons. The average molecular weight is 338 g/mol. The second kappa shape index (κ2) is 6.10. The van der Waals surface area contributed by atoms with Crippen LogP contribution < -0.4 is 0 Å². The maximum atomic E-state index is 12.1. The summed E-state index contributed by atoms with van der Waals surface area (Å²) >= 11 is 13.0. The predicted molar refractivity (Wildman–Crippen MR) is 85.5 cm³/mol. The minimum atomic E-state index is -0.0548. The Morgan fingerprint density at radius 3 is 2.71 bits per heavy atom. The third kappa shape index (κ3) is 3.23. The van der Waals surface area contributed by atoms with Gasteiger partial charge in [-0.15, -0.1) is 0 Å².